The highest BCUT2D eigenvalue weighted by molar-refractivity contribution is 8.00. The van der Waals surface area contributed by atoms with E-state index in [0.717, 1.165) is 30.0 Å². The summed E-state index contributed by atoms with van der Waals surface area (Å²) in [7, 11) is 0. The standard InChI is InChI=1S/C16H16F2N4OS/c17-12-2-3-13(18)14(10-12)24-11-15(23)21-6-8-22(9-7-21)16-19-4-1-5-20-16/h1-5,10H,6-9,11H2. The second-order valence-corrected chi connectivity index (χ2v) is 6.30. The lowest BCUT2D eigenvalue weighted by Gasteiger charge is -2.34. The minimum atomic E-state index is -0.514. The van der Waals surface area contributed by atoms with Crippen LogP contribution in [0.1, 0.15) is 0 Å². The molecule has 1 amide bonds. The molecular weight excluding hydrogens is 334 g/mol. The molecule has 0 saturated carbocycles. The first kappa shape index (κ1) is 16.6. The summed E-state index contributed by atoms with van der Waals surface area (Å²) in [6.45, 7) is 2.41. The number of rotatable bonds is 4. The van der Waals surface area contributed by atoms with Gasteiger partial charge in [0.2, 0.25) is 11.9 Å². The number of piperazine rings is 1. The van der Waals surface area contributed by atoms with Crippen LogP contribution in [0.5, 0.6) is 0 Å². The van der Waals surface area contributed by atoms with E-state index in [1.54, 1.807) is 23.4 Å². The number of carbonyl (C=O) groups is 1. The molecule has 1 aliphatic heterocycles. The summed E-state index contributed by atoms with van der Waals surface area (Å²) >= 11 is 1.02. The molecule has 1 aliphatic rings. The van der Waals surface area contributed by atoms with E-state index in [1.807, 2.05) is 4.90 Å². The Bertz CT molecular complexity index is 708. The van der Waals surface area contributed by atoms with Crippen LogP contribution in [0.15, 0.2) is 41.6 Å². The van der Waals surface area contributed by atoms with Gasteiger partial charge in [0.15, 0.2) is 0 Å². The average molecular weight is 350 g/mol. The molecule has 3 rings (SSSR count). The minimum absolute atomic E-state index is 0.0855. The van der Waals surface area contributed by atoms with Crippen molar-refractivity contribution in [2.45, 2.75) is 4.90 Å². The highest BCUT2D eigenvalue weighted by Crippen LogP contribution is 2.23. The molecule has 2 aromatic rings. The lowest BCUT2D eigenvalue weighted by molar-refractivity contribution is -0.128. The number of amides is 1. The lowest BCUT2D eigenvalue weighted by Crippen LogP contribution is -2.49. The van der Waals surface area contributed by atoms with E-state index in [9.17, 15) is 13.6 Å². The third-order valence-corrected chi connectivity index (χ3v) is 4.73. The SMILES string of the molecule is O=C(CSc1cc(F)ccc1F)N1CCN(c2ncccn2)CC1. The summed E-state index contributed by atoms with van der Waals surface area (Å²) in [6, 6.07) is 5.00. The van der Waals surface area contributed by atoms with Gasteiger partial charge in [0.1, 0.15) is 11.6 Å². The first-order chi connectivity index (χ1) is 11.6. The van der Waals surface area contributed by atoms with Crippen molar-refractivity contribution in [1.29, 1.82) is 0 Å². The molecule has 0 N–H and O–H groups in total. The summed E-state index contributed by atoms with van der Waals surface area (Å²) in [6.07, 6.45) is 3.37. The van der Waals surface area contributed by atoms with Crippen LogP contribution in [0.25, 0.3) is 0 Å². The van der Waals surface area contributed by atoms with Crippen LogP contribution in [-0.2, 0) is 4.79 Å². The maximum Gasteiger partial charge on any atom is 0.233 e. The zero-order valence-corrected chi connectivity index (χ0v) is 13.7. The number of thioether (sulfide) groups is 1. The maximum atomic E-state index is 13.6. The van der Waals surface area contributed by atoms with Gasteiger partial charge in [-0.1, -0.05) is 0 Å². The van der Waals surface area contributed by atoms with Crippen molar-refractivity contribution in [3.8, 4) is 0 Å². The number of nitrogens with zero attached hydrogens (tertiary/aromatic N) is 4. The Balaban J connectivity index is 1.51. The summed E-state index contributed by atoms with van der Waals surface area (Å²) < 4.78 is 26.7. The molecule has 0 aliphatic carbocycles. The van der Waals surface area contributed by atoms with Crippen molar-refractivity contribution in [2.24, 2.45) is 0 Å². The fourth-order valence-corrected chi connectivity index (χ4v) is 3.29. The van der Waals surface area contributed by atoms with Crippen molar-refractivity contribution >= 4 is 23.6 Å². The first-order valence-electron chi connectivity index (χ1n) is 7.51. The molecule has 0 unspecified atom stereocenters. The van der Waals surface area contributed by atoms with E-state index in [2.05, 4.69) is 9.97 Å². The lowest BCUT2D eigenvalue weighted by atomic mass is 10.3. The summed E-state index contributed by atoms with van der Waals surface area (Å²) in [5.74, 6) is -0.372. The molecule has 0 atom stereocenters. The Morgan fingerprint density at radius 3 is 2.54 bits per heavy atom. The van der Waals surface area contributed by atoms with Gasteiger partial charge in [-0.25, -0.2) is 18.7 Å². The maximum absolute atomic E-state index is 13.6. The normalized spacial score (nSPS) is 14.8. The van der Waals surface area contributed by atoms with Gasteiger partial charge in [0, 0.05) is 43.5 Å². The predicted molar refractivity (Wildman–Crippen MR) is 87.9 cm³/mol. The van der Waals surface area contributed by atoms with Gasteiger partial charge in [-0.2, -0.15) is 0 Å². The van der Waals surface area contributed by atoms with Gasteiger partial charge >= 0.3 is 0 Å². The molecule has 1 aromatic carbocycles. The number of hydrogen-bond donors (Lipinski definition) is 0. The number of hydrogen-bond acceptors (Lipinski definition) is 5. The summed E-state index contributed by atoms with van der Waals surface area (Å²) in [5, 5.41) is 0. The van der Waals surface area contributed by atoms with Crippen molar-refractivity contribution in [1.82, 2.24) is 14.9 Å². The van der Waals surface area contributed by atoms with E-state index in [4.69, 9.17) is 0 Å². The van der Waals surface area contributed by atoms with E-state index in [0.29, 0.717) is 32.1 Å². The molecule has 0 bridgehead atoms. The van der Waals surface area contributed by atoms with Gasteiger partial charge in [0.05, 0.1) is 5.75 Å². The Labute approximate surface area is 142 Å². The molecule has 126 valence electrons. The van der Waals surface area contributed by atoms with Crippen LogP contribution in [0, 0.1) is 11.6 Å². The third-order valence-electron chi connectivity index (χ3n) is 3.71. The zero-order chi connectivity index (χ0) is 16.9. The van der Waals surface area contributed by atoms with Crippen LogP contribution in [0.4, 0.5) is 14.7 Å². The molecule has 2 heterocycles. The highest BCUT2D eigenvalue weighted by atomic mass is 32.2. The van der Waals surface area contributed by atoms with Crippen LogP contribution in [0.2, 0.25) is 0 Å². The van der Waals surface area contributed by atoms with Crippen LogP contribution in [-0.4, -0.2) is 52.7 Å². The van der Waals surface area contributed by atoms with E-state index < -0.39 is 11.6 Å². The molecule has 24 heavy (non-hydrogen) atoms. The predicted octanol–water partition coefficient (Wildman–Crippen LogP) is 2.20. The quantitative estimate of drug-likeness (QED) is 0.791. The average Bonchev–Trinajstić information content (AvgIpc) is 2.63. The van der Waals surface area contributed by atoms with Gasteiger partial charge in [-0.15, -0.1) is 11.8 Å². The Hall–Kier alpha value is -2.22. The molecule has 1 fully saturated rings. The number of anilines is 1. The van der Waals surface area contributed by atoms with Crippen molar-refractivity contribution in [3.63, 3.8) is 0 Å². The van der Waals surface area contributed by atoms with Crippen LogP contribution in [0.3, 0.4) is 0 Å². The molecule has 5 nitrogen and oxygen atoms in total. The molecule has 1 aromatic heterocycles. The highest BCUT2D eigenvalue weighted by Gasteiger charge is 2.22. The smallest absolute Gasteiger partial charge is 0.233 e. The second kappa shape index (κ2) is 7.57. The van der Waals surface area contributed by atoms with Crippen LogP contribution < -0.4 is 4.90 Å². The van der Waals surface area contributed by atoms with Gasteiger partial charge in [-0.05, 0) is 24.3 Å². The number of benzene rings is 1. The number of aromatic nitrogens is 2. The minimum Gasteiger partial charge on any atom is -0.338 e. The second-order valence-electron chi connectivity index (χ2n) is 5.28. The molecule has 0 radical (unpaired) electrons. The zero-order valence-electron chi connectivity index (χ0n) is 12.9. The topological polar surface area (TPSA) is 49.3 Å². The summed E-state index contributed by atoms with van der Waals surface area (Å²) in [4.78, 5) is 24.5. The van der Waals surface area contributed by atoms with Gasteiger partial charge < -0.3 is 9.80 Å². The van der Waals surface area contributed by atoms with Crippen molar-refractivity contribution < 1.29 is 13.6 Å². The number of halogens is 2. The fraction of sp³-hybridized carbons (Fsp3) is 0.312. The van der Waals surface area contributed by atoms with Crippen molar-refractivity contribution in [3.05, 3.63) is 48.3 Å². The first-order valence-corrected chi connectivity index (χ1v) is 8.49. The fourth-order valence-electron chi connectivity index (χ4n) is 2.43. The Kier molecular flexibility index (Phi) is 5.24. The van der Waals surface area contributed by atoms with E-state index >= 15 is 0 Å². The third kappa shape index (κ3) is 4.00. The van der Waals surface area contributed by atoms with Gasteiger partial charge in [0.25, 0.3) is 0 Å². The Morgan fingerprint density at radius 2 is 1.83 bits per heavy atom. The van der Waals surface area contributed by atoms with E-state index in [-0.39, 0.29) is 16.6 Å². The van der Waals surface area contributed by atoms with Crippen LogP contribution >= 0.6 is 11.8 Å². The van der Waals surface area contributed by atoms with E-state index in [1.165, 1.54) is 0 Å². The van der Waals surface area contributed by atoms with Gasteiger partial charge in [-0.3, -0.25) is 4.79 Å². The molecule has 1 saturated heterocycles. The molecule has 0 spiro atoms. The molecule has 8 heteroatoms. The molecular formula is C16H16F2N4OS. The largest absolute Gasteiger partial charge is 0.338 e. The van der Waals surface area contributed by atoms with Crippen molar-refractivity contribution in [2.75, 3.05) is 36.8 Å². The summed E-state index contributed by atoms with van der Waals surface area (Å²) in [5.41, 5.74) is 0. The number of carbonyl (C=O) groups excluding carboxylic acids is 1. The Morgan fingerprint density at radius 1 is 1.12 bits per heavy atom. The monoisotopic (exact) mass is 350 g/mol.